The van der Waals surface area contributed by atoms with Gasteiger partial charge in [0.25, 0.3) is 0 Å². The topological polar surface area (TPSA) is 103 Å². The molecule has 3 aromatic heterocycles. The molecule has 8 nitrogen and oxygen atoms in total. The highest BCUT2D eigenvalue weighted by Gasteiger charge is 2.16. The highest BCUT2D eigenvalue weighted by molar-refractivity contribution is 7.99. The number of halogens is 2. The lowest BCUT2D eigenvalue weighted by Crippen LogP contribution is -2.03. The number of nitrogens with zero attached hydrogens (tertiary/aromatic N) is 3. The number of nitrogens with two attached hydrogens (primary N) is 1. The van der Waals surface area contributed by atoms with Crippen molar-refractivity contribution in [3.8, 4) is 22.6 Å². The largest absolute Gasteiger partial charge is 0.487 e. The molecule has 0 aliphatic carbocycles. The lowest BCUT2D eigenvalue weighted by atomic mass is 9.99. The van der Waals surface area contributed by atoms with Crippen LogP contribution in [-0.4, -0.2) is 19.5 Å². The smallest absolute Gasteiger partial charge is 0.146 e. The summed E-state index contributed by atoms with van der Waals surface area (Å²) in [5, 5.41) is 6.96. The van der Waals surface area contributed by atoms with Gasteiger partial charge >= 0.3 is 0 Å². The number of fused-ring (bicyclic) bond motifs is 3. The molecule has 3 heterocycles. The Morgan fingerprint density at radius 1 is 0.577 bits per heavy atom. The number of anilines is 2. The van der Waals surface area contributed by atoms with Gasteiger partial charge in [-0.15, -0.1) is 0 Å². The van der Waals surface area contributed by atoms with Crippen molar-refractivity contribution in [2.24, 2.45) is 0 Å². The van der Waals surface area contributed by atoms with Gasteiger partial charge < -0.3 is 30.1 Å². The molecule has 0 radical (unpaired) electrons. The average Bonchev–Trinajstić information content (AvgIpc) is 3.82. The zero-order valence-electron chi connectivity index (χ0n) is 38.3. The Balaban J connectivity index is 0.000000164. The molecular formula is C59H46Cl2N6O2S2. The predicted octanol–water partition coefficient (Wildman–Crippen LogP) is 16.0. The average molecular weight is 1010 g/mol. The number of pyridine rings is 2. The van der Waals surface area contributed by atoms with Crippen LogP contribution < -0.4 is 20.5 Å². The van der Waals surface area contributed by atoms with E-state index in [0.717, 1.165) is 103 Å². The molecule has 0 amide bonds. The second-order valence-corrected chi connectivity index (χ2v) is 19.0. The number of aromatic nitrogens is 4. The third kappa shape index (κ3) is 10.9. The first kappa shape index (κ1) is 47.1. The third-order valence-corrected chi connectivity index (χ3v) is 14.1. The molecule has 0 aliphatic heterocycles. The molecule has 0 saturated carbocycles. The van der Waals surface area contributed by atoms with E-state index in [0.29, 0.717) is 36.6 Å². The quantitative estimate of drug-likeness (QED) is 0.0731. The van der Waals surface area contributed by atoms with Crippen molar-refractivity contribution in [1.29, 1.82) is 0 Å². The summed E-state index contributed by atoms with van der Waals surface area (Å²) in [6, 6.07) is 64.4. The third-order valence-electron chi connectivity index (χ3n) is 12.0. The van der Waals surface area contributed by atoms with Crippen LogP contribution in [0.2, 0.25) is 10.0 Å². The number of aromatic amines is 1. The van der Waals surface area contributed by atoms with Gasteiger partial charge in [0.1, 0.15) is 34.9 Å². The second-order valence-electron chi connectivity index (χ2n) is 16.6. The van der Waals surface area contributed by atoms with Crippen LogP contribution in [0.15, 0.2) is 216 Å². The summed E-state index contributed by atoms with van der Waals surface area (Å²) in [4.78, 5) is 14.8. The van der Waals surface area contributed by atoms with Gasteiger partial charge in [0.2, 0.25) is 0 Å². The van der Waals surface area contributed by atoms with Crippen LogP contribution in [0.3, 0.4) is 0 Å². The molecule has 8 aromatic carbocycles. The first-order valence-corrected chi connectivity index (χ1v) is 24.9. The van der Waals surface area contributed by atoms with E-state index >= 15 is 0 Å². The molecule has 350 valence electrons. The van der Waals surface area contributed by atoms with Crippen LogP contribution in [0, 0.1) is 4.64 Å². The first-order chi connectivity index (χ1) is 34.9. The zero-order chi connectivity index (χ0) is 48.5. The summed E-state index contributed by atoms with van der Waals surface area (Å²) in [5.41, 5.74) is 18.3. The molecule has 71 heavy (non-hydrogen) atoms. The number of imidazole rings is 1. The maximum atomic E-state index is 6.56. The van der Waals surface area contributed by atoms with Gasteiger partial charge in [-0.05, 0) is 107 Å². The summed E-state index contributed by atoms with van der Waals surface area (Å²) >= 11 is 19.8. The van der Waals surface area contributed by atoms with Crippen LogP contribution in [-0.2, 0) is 26.3 Å². The molecule has 4 N–H and O–H groups in total. The maximum Gasteiger partial charge on any atom is 0.146 e. The van der Waals surface area contributed by atoms with Gasteiger partial charge in [-0.1, -0.05) is 162 Å². The molecule has 11 rings (SSSR count). The minimum Gasteiger partial charge on any atom is -0.487 e. The number of rotatable bonds is 14. The highest BCUT2D eigenvalue weighted by atomic mass is 35.5. The van der Waals surface area contributed by atoms with Crippen LogP contribution in [0.25, 0.3) is 44.0 Å². The summed E-state index contributed by atoms with van der Waals surface area (Å²) in [7, 11) is 0. The van der Waals surface area contributed by atoms with E-state index in [1.165, 1.54) is 0 Å². The van der Waals surface area contributed by atoms with Crippen LogP contribution >= 0.6 is 47.2 Å². The summed E-state index contributed by atoms with van der Waals surface area (Å²) in [6.07, 6.45) is 3.67. The number of hydrogen-bond acceptors (Lipinski definition) is 8. The molecule has 0 fully saturated rings. The van der Waals surface area contributed by atoms with Gasteiger partial charge in [0, 0.05) is 48.9 Å². The van der Waals surface area contributed by atoms with E-state index in [1.807, 2.05) is 134 Å². The van der Waals surface area contributed by atoms with Crippen molar-refractivity contribution in [3.05, 3.63) is 244 Å². The minimum absolute atomic E-state index is 0.479. The Kier molecular flexibility index (Phi) is 14.6. The molecule has 0 saturated heterocycles. The molecule has 0 aliphatic rings. The van der Waals surface area contributed by atoms with Gasteiger partial charge in [-0.2, -0.15) is 0 Å². The Labute approximate surface area is 431 Å². The van der Waals surface area contributed by atoms with E-state index in [2.05, 4.69) is 86.6 Å². The van der Waals surface area contributed by atoms with Crippen LogP contribution in [0.1, 0.15) is 22.3 Å². The Morgan fingerprint density at radius 3 is 2.00 bits per heavy atom. The fourth-order valence-corrected chi connectivity index (χ4v) is 9.94. The lowest BCUT2D eigenvalue weighted by Gasteiger charge is -2.15. The molecule has 0 bridgehead atoms. The molecule has 0 unspecified atom stereocenters. The minimum atomic E-state index is 0.479. The molecule has 12 heteroatoms. The molecular weight excluding hydrogens is 960 g/mol. The number of hydrogen-bond donors (Lipinski definition) is 3. The van der Waals surface area contributed by atoms with Crippen molar-refractivity contribution in [2.45, 2.75) is 36.1 Å². The number of para-hydroxylation sites is 2. The molecule has 11 aromatic rings. The number of H-pyrrole nitrogens is 1. The number of benzene rings is 8. The monoisotopic (exact) mass is 1000 g/mol. The normalized spacial score (nSPS) is 11.1. The van der Waals surface area contributed by atoms with Gasteiger partial charge in [-0.25, -0.2) is 4.98 Å². The van der Waals surface area contributed by atoms with E-state index in [9.17, 15) is 0 Å². The predicted molar refractivity (Wildman–Crippen MR) is 295 cm³/mol. The van der Waals surface area contributed by atoms with E-state index in [-0.39, 0.29) is 0 Å². The molecule has 0 spiro atoms. The summed E-state index contributed by atoms with van der Waals surface area (Å²) in [5.74, 6) is 1.53. The van der Waals surface area contributed by atoms with Gasteiger partial charge in [-0.3, -0.25) is 4.98 Å². The van der Waals surface area contributed by atoms with Crippen molar-refractivity contribution in [2.75, 3.05) is 11.1 Å². The van der Waals surface area contributed by atoms with E-state index < -0.39 is 0 Å². The fraction of sp³-hybridized carbons (Fsp3) is 0.0678. The fourth-order valence-electron chi connectivity index (χ4n) is 8.36. The van der Waals surface area contributed by atoms with Gasteiger partial charge in [0.05, 0.1) is 40.8 Å². The van der Waals surface area contributed by atoms with E-state index in [4.69, 9.17) is 55.6 Å². The Bertz CT molecular complexity index is 3700. The zero-order valence-corrected chi connectivity index (χ0v) is 41.4. The van der Waals surface area contributed by atoms with E-state index in [1.54, 1.807) is 18.0 Å². The lowest BCUT2D eigenvalue weighted by molar-refractivity contribution is 0.309. The Morgan fingerprint density at radius 2 is 1.25 bits per heavy atom. The summed E-state index contributed by atoms with van der Waals surface area (Å²) in [6.45, 7) is 2.22. The van der Waals surface area contributed by atoms with Crippen molar-refractivity contribution >= 4 is 91.4 Å². The Hall–Kier alpha value is -7.60. The second kappa shape index (κ2) is 22.0. The summed E-state index contributed by atoms with van der Waals surface area (Å²) < 4.78 is 15.1. The van der Waals surface area contributed by atoms with Crippen molar-refractivity contribution < 1.29 is 9.47 Å². The number of nitrogens with one attached hydrogen (secondary N) is 2. The maximum absolute atomic E-state index is 6.56. The van der Waals surface area contributed by atoms with Crippen molar-refractivity contribution in [3.63, 3.8) is 0 Å². The van der Waals surface area contributed by atoms with Gasteiger partial charge in [0.15, 0.2) is 0 Å². The SMILES string of the molecule is Nc1c(NCc2ccccc2Cl)cccc1Sc1ccc(OCc2ccccc2)c2ncccc12.S=c1ccc2c(-c3cccc4c3ncn4Cc3ccccc3Cl)ccc(OCc3ccccc3)c2[nH]1. The molecule has 0 atom stereocenters. The van der Waals surface area contributed by atoms with Crippen LogP contribution in [0.4, 0.5) is 11.4 Å². The van der Waals surface area contributed by atoms with Crippen molar-refractivity contribution in [1.82, 2.24) is 19.5 Å². The number of ether oxygens (including phenoxy) is 2. The first-order valence-electron chi connectivity index (χ1n) is 22.9. The standard InChI is InChI=1S/C30H22ClN3OS.C29H24ClN3OS/c31-25-11-5-4-9-21(25)17-34-19-32-29-23(10-6-12-26(29)34)22-13-15-27(30-24(22)14-16-28(36)33-30)35-18-20-7-2-1-3-8-20;30-23-12-5-4-10-21(23)18-33-24-13-6-14-27(28(24)31)35-26-16-15-25(29-22(26)11-7-17-32-29)34-19-20-8-2-1-3-9-20/h1-16,19H,17-18H2,(H,33,36);1-17,33H,18-19,31H2. The van der Waals surface area contributed by atoms with Crippen LogP contribution in [0.5, 0.6) is 11.5 Å². The highest BCUT2D eigenvalue weighted by Crippen LogP contribution is 2.41. The number of nitrogen functional groups attached to an aromatic ring is 1.